The molecule has 1 atom stereocenters. The van der Waals surface area contributed by atoms with Gasteiger partial charge in [0, 0.05) is 0 Å². The third kappa shape index (κ3) is 3.46. The van der Waals surface area contributed by atoms with Gasteiger partial charge in [-0.1, -0.05) is 30.3 Å². The van der Waals surface area contributed by atoms with Crippen LogP contribution >= 0.6 is 0 Å². The largest absolute Gasteiger partial charge is 0.479 e. The Hall–Kier alpha value is -2.05. The molecular weight excluding hydrogens is 263 g/mol. The number of hydrogen-bond donors (Lipinski definition) is 2. The van der Waals surface area contributed by atoms with Crippen molar-refractivity contribution in [3.05, 3.63) is 35.9 Å². The number of benzene rings is 1. The van der Waals surface area contributed by atoms with E-state index >= 15 is 0 Å². The van der Waals surface area contributed by atoms with E-state index in [-0.39, 0.29) is 6.42 Å². The van der Waals surface area contributed by atoms with E-state index < -0.39 is 23.6 Å². The van der Waals surface area contributed by atoms with Gasteiger partial charge in [-0.25, -0.2) is 4.79 Å². The number of carbonyl (C=O) groups is 2. The van der Waals surface area contributed by atoms with Crippen LogP contribution in [0.5, 0.6) is 0 Å². The highest BCUT2D eigenvalue weighted by Crippen LogP contribution is 2.30. The fraction of sp³-hybridized carbons (Fsp3) is 0.333. The van der Waals surface area contributed by atoms with Crippen LogP contribution in [0.2, 0.25) is 0 Å². The van der Waals surface area contributed by atoms with Gasteiger partial charge in [0.1, 0.15) is 0 Å². The number of amides is 1. The lowest BCUT2D eigenvalue weighted by molar-refractivity contribution is -0.206. The van der Waals surface area contributed by atoms with Crippen LogP contribution in [0.15, 0.2) is 30.3 Å². The highest BCUT2D eigenvalue weighted by Gasteiger charge is 2.58. The van der Waals surface area contributed by atoms with E-state index in [0.29, 0.717) is 12.5 Å². The van der Waals surface area contributed by atoms with Crippen molar-refractivity contribution in [2.75, 3.05) is 0 Å². The van der Waals surface area contributed by atoms with E-state index in [4.69, 9.17) is 5.11 Å². The van der Waals surface area contributed by atoms with Crippen molar-refractivity contribution in [3.8, 4) is 0 Å². The van der Waals surface area contributed by atoms with E-state index in [0.717, 1.165) is 0 Å². The van der Waals surface area contributed by atoms with Crippen LogP contribution in [-0.4, -0.2) is 28.7 Å². The molecule has 1 amide bonds. The number of hydrogen-bond acceptors (Lipinski definition) is 2. The van der Waals surface area contributed by atoms with E-state index in [1.165, 1.54) is 5.32 Å². The predicted octanol–water partition coefficient (Wildman–Crippen LogP) is 1.75. The predicted molar refractivity (Wildman–Crippen MR) is 60.4 cm³/mol. The van der Waals surface area contributed by atoms with Gasteiger partial charge in [-0.15, -0.1) is 0 Å². The second kappa shape index (κ2) is 5.29. The summed E-state index contributed by atoms with van der Waals surface area (Å²) in [7, 11) is 0. The van der Waals surface area contributed by atoms with Gasteiger partial charge in [-0.3, -0.25) is 4.79 Å². The van der Waals surface area contributed by atoms with Crippen molar-refractivity contribution >= 4 is 11.9 Å². The summed E-state index contributed by atoms with van der Waals surface area (Å²) in [4.78, 5) is 22.2. The Kier molecular flexibility index (Phi) is 4.18. The first kappa shape index (κ1) is 15.0. The first-order valence-corrected chi connectivity index (χ1v) is 5.32. The van der Waals surface area contributed by atoms with Crippen LogP contribution < -0.4 is 5.32 Å². The molecule has 0 aromatic heterocycles. The number of halogens is 3. The van der Waals surface area contributed by atoms with Gasteiger partial charge in [-0.2, -0.15) is 13.2 Å². The normalized spacial score (nSPS) is 14.5. The SMILES string of the molecule is CC(NC(=O)Cc1ccccc1)(C(=O)O)C(F)(F)F. The van der Waals surface area contributed by atoms with Crippen molar-refractivity contribution < 1.29 is 27.9 Å². The zero-order valence-corrected chi connectivity index (χ0v) is 9.99. The number of carboxylic acids is 1. The van der Waals surface area contributed by atoms with Crippen LogP contribution in [-0.2, 0) is 16.0 Å². The summed E-state index contributed by atoms with van der Waals surface area (Å²) in [5, 5.41) is 10.2. The standard InChI is InChI=1S/C12H12F3NO3/c1-11(10(18)19,12(13,14)15)16-9(17)7-8-5-3-2-4-6-8/h2-6H,7H2,1H3,(H,16,17)(H,18,19). The first-order chi connectivity index (χ1) is 8.67. The molecule has 0 saturated heterocycles. The second-order valence-corrected chi connectivity index (χ2v) is 4.14. The van der Waals surface area contributed by atoms with Gasteiger partial charge >= 0.3 is 12.1 Å². The van der Waals surface area contributed by atoms with Gasteiger partial charge in [0.25, 0.3) is 0 Å². The molecule has 4 nitrogen and oxygen atoms in total. The fourth-order valence-corrected chi connectivity index (χ4v) is 1.35. The average Bonchev–Trinajstić information content (AvgIpc) is 2.28. The maximum absolute atomic E-state index is 12.7. The number of carboxylic acid groups (broad SMARTS) is 1. The Labute approximate surface area is 107 Å². The van der Waals surface area contributed by atoms with Gasteiger partial charge in [0.15, 0.2) is 0 Å². The molecule has 0 aliphatic rings. The molecule has 1 unspecified atom stereocenters. The lowest BCUT2D eigenvalue weighted by Crippen LogP contribution is -2.62. The number of nitrogens with one attached hydrogen (secondary N) is 1. The summed E-state index contributed by atoms with van der Waals surface area (Å²) in [5.41, 5.74) is -2.80. The molecule has 19 heavy (non-hydrogen) atoms. The molecule has 0 aliphatic heterocycles. The molecule has 1 aromatic rings. The molecule has 0 saturated carbocycles. The monoisotopic (exact) mass is 275 g/mol. The van der Waals surface area contributed by atoms with Crippen molar-refractivity contribution in [1.82, 2.24) is 5.32 Å². The minimum absolute atomic E-state index is 0.320. The molecule has 0 aliphatic carbocycles. The number of carbonyl (C=O) groups excluding carboxylic acids is 1. The zero-order chi connectivity index (χ0) is 14.7. The van der Waals surface area contributed by atoms with Crippen LogP contribution in [0.4, 0.5) is 13.2 Å². The van der Waals surface area contributed by atoms with Gasteiger partial charge in [-0.05, 0) is 12.5 Å². The second-order valence-electron chi connectivity index (χ2n) is 4.14. The summed E-state index contributed by atoms with van der Waals surface area (Å²) in [6.07, 6.45) is -5.40. The van der Waals surface area contributed by atoms with Crippen molar-refractivity contribution in [2.24, 2.45) is 0 Å². The molecule has 0 bridgehead atoms. The Balaban J connectivity index is 2.82. The maximum Gasteiger partial charge on any atom is 0.422 e. The zero-order valence-electron chi connectivity index (χ0n) is 9.99. The van der Waals surface area contributed by atoms with Crippen LogP contribution in [0.25, 0.3) is 0 Å². The highest BCUT2D eigenvalue weighted by molar-refractivity contribution is 5.88. The van der Waals surface area contributed by atoms with E-state index in [2.05, 4.69) is 0 Å². The molecule has 0 heterocycles. The van der Waals surface area contributed by atoms with Gasteiger partial charge in [0.2, 0.25) is 11.4 Å². The van der Waals surface area contributed by atoms with Crippen LogP contribution in [0, 0.1) is 0 Å². The minimum atomic E-state index is -5.08. The Morgan fingerprint density at radius 1 is 1.21 bits per heavy atom. The molecule has 2 N–H and O–H groups in total. The fourth-order valence-electron chi connectivity index (χ4n) is 1.35. The summed E-state index contributed by atoms with van der Waals surface area (Å²) in [6, 6.07) is 8.07. The van der Waals surface area contributed by atoms with Crippen LogP contribution in [0.1, 0.15) is 12.5 Å². The molecule has 1 rings (SSSR count). The minimum Gasteiger partial charge on any atom is -0.479 e. The quantitative estimate of drug-likeness (QED) is 0.879. The molecule has 0 fully saturated rings. The van der Waals surface area contributed by atoms with E-state index in [9.17, 15) is 22.8 Å². The Morgan fingerprint density at radius 3 is 2.16 bits per heavy atom. The van der Waals surface area contributed by atoms with Gasteiger partial charge < -0.3 is 10.4 Å². The number of rotatable bonds is 4. The average molecular weight is 275 g/mol. The summed E-state index contributed by atoms with van der Waals surface area (Å²) in [6.45, 7) is 0.415. The first-order valence-electron chi connectivity index (χ1n) is 5.32. The molecule has 1 aromatic carbocycles. The smallest absolute Gasteiger partial charge is 0.422 e. The van der Waals surface area contributed by atoms with Crippen LogP contribution in [0.3, 0.4) is 0 Å². The molecule has 0 spiro atoms. The lowest BCUT2D eigenvalue weighted by Gasteiger charge is -2.28. The third-order valence-electron chi connectivity index (χ3n) is 2.59. The van der Waals surface area contributed by atoms with Crippen molar-refractivity contribution in [1.29, 1.82) is 0 Å². The molecule has 7 heteroatoms. The Bertz CT molecular complexity index is 473. The molecular formula is C12H12F3NO3. The van der Waals surface area contributed by atoms with Gasteiger partial charge in [0.05, 0.1) is 6.42 Å². The highest BCUT2D eigenvalue weighted by atomic mass is 19.4. The maximum atomic E-state index is 12.7. The third-order valence-corrected chi connectivity index (χ3v) is 2.59. The topological polar surface area (TPSA) is 66.4 Å². The van der Waals surface area contributed by atoms with Crippen molar-refractivity contribution in [3.63, 3.8) is 0 Å². The molecule has 104 valence electrons. The lowest BCUT2D eigenvalue weighted by atomic mass is 10.0. The van der Waals surface area contributed by atoms with Crippen molar-refractivity contribution in [2.45, 2.75) is 25.1 Å². The Morgan fingerprint density at radius 2 is 1.74 bits per heavy atom. The number of alkyl halides is 3. The van der Waals surface area contributed by atoms with E-state index in [1.54, 1.807) is 30.3 Å². The summed E-state index contributed by atoms with van der Waals surface area (Å²) < 4.78 is 38.0. The molecule has 0 radical (unpaired) electrons. The summed E-state index contributed by atoms with van der Waals surface area (Å²) in [5.74, 6) is -3.16. The number of aliphatic carboxylic acids is 1. The summed E-state index contributed by atoms with van der Waals surface area (Å²) >= 11 is 0. The van der Waals surface area contributed by atoms with E-state index in [1.807, 2.05) is 0 Å².